The fourth-order valence-electron chi connectivity index (χ4n) is 3.22. The van der Waals surface area contributed by atoms with E-state index >= 15 is 0 Å². The predicted molar refractivity (Wildman–Crippen MR) is 97.1 cm³/mol. The summed E-state index contributed by atoms with van der Waals surface area (Å²) in [6.07, 6.45) is 0.226. The van der Waals surface area contributed by atoms with Crippen molar-refractivity contribution in [2.24, 2.45) is 0 Å². The molecule has 26 heavy (non-hydrogen) atoms. The molecule has 0 aliphatic carbocycles. The second kappa shape index (κ2) is 6.88. The second-order valence-electron chi connectivity index (χ2n) is 6.16. The van der Waals surface area contributed by atoms with E-state index in [4.69, 9.17) is 21.1 Å². The quantitative estimate of drug-likeness (QED) is 0.899. The van der Waals surface area contributed by atoms with E-state index in [1.807, 2.05) is 12.1 Å². The molecule has 2 aromatic rings. The molecule has 2 heterocycles. The topological polar surface area (TPSA) is 67.9 Å². The monoisotopic (exact) mass is 372 g/mol. The van der Waals surface area contributed by atoms with E-state index < -0.39 is 0 Å². The molecule has 6 nitrogen and oxygen atoms in total. The first-order valence-electron chi connectivity index (χ1n) is 8.38. The molecule has 2 aliphatic heterocycles. The first-order chi connectivity index (χ1) is 12.6. The first kappa shape index (κ1) is 16.7. The Morgan fingerprint density at radius 2 is 1.92 bits per heavy atom. The Bertz CT molecular complexity index is 870. The molecule has 7 heteroatoms. The highest BCUT2D eigenvalue weighted by Gasteiger charge is 2.33. The zero-order valence-electron chi connectivity index (χ0n) is 13.9. The first-order valence-corrected chi connectivity index (χ1v) is 8.75. The van der Waals surface area contributed by atoms with E-state index in [1.54, 1.807) is 35.2 Å². The highest BCUT2D eigenvalue weighted by atomic mass is 35.5. The van der Waals surface area contributed by atoms with Crippen molar-refractivity contribution < 1.29 is 19.1 Å². The SMILES string of the molecule is O=C(N[C@@H]1CC(=O)N(c2ccccc2Cl)C1)c1cccc2c1OCCO2. The summed E-state index contributed by atoms with van der Waals surface area (Å²) in [7, 11) is 0. The van der Waals surface area contributed by atoms with Crippen LogP contribution in [0.25, 0.3) is 0 Å². The van der Waals surface area contributed by atoms with Crippen LogP contribution < -0.4 is 19.7 Å². The number of benzene rings is 2. The molecule has 0 radical (unpaired) electrons. The average Bonchev–Trinajstić information content (AvgIpc) is 3.01. The largest absolute Gasteiger partial charge is 0.486 e. The molecule has 1 saturated heterocycles. The molecule has 0 bridgehead atoms. The molecule has 0 unspecified atom stereocenters. The van der Waals surface area contributed by atoms with Gasteiger partial charge in [-0.05, 0) is 24.3 Å². The van der Waals surface area contributed by atoms with Crippen LogP contribution in [0.15, 0.2) is 42.5 Å². The van der Waals surface area contributed by atoms with Gasteiger partial charge in [0.1, 0.15) is 13.2 Å². The van der Waals surface area contributed by atoms with Gasteiger partial charge in [-0.25, -0.2) is 0 Å². The van der Waals surface area contributed by atoms with Crippen LogP contribution in [0.2, 0.25) is 5.02 Å². The Morgan fingerprint density at radius 1 is 1.12 bits per heavy atom. The third-order valence-electron chi connectivity index (χ3n) is 4.41. The Morgan fingerprint density at radius 3 is 2.77 bits per heavy atom. The summed E-state index contributed by atoms with van der Waals surface area (Å²) in [6, 6.07) is 12.1. The number of ether oxygens (including phenoxy) is 2. The smallest absolute Gasteiger partial charge is 0.255 e. The van der Waals surface area contributed by atoms with Gasteiger partial charge in [-0.15, -0.1) is 0 Å². The van der Waals surface area contributed by atoms with Gasteiger partial charge in [0.25, 0.3) is 5.91 Å². The van der Waals surface area contributed by atoms with Crippen LogP contribution in [0.1, 0.15) is 16.8 Å². The number of anilines is 1. The van der Waals surface area contributed by atoms with Gasteiger partial charge >= 0.3 is 0 Å². The molecule has 134 valence electrons. The maximum absolute atomic E-state index is 12.7. The molecule has 0 aromatic heterocycles. The van der Waals surface area contributed by atoms with Crippen LogP contribution in [0, 0.1) is 0 Å². The van der Waals surface area contributed by atoms with Crippen molar-refractivity contribution in [3.63, 3.8) is 0 Å². The number of nitrogens with zero attached hydrogens (tertiary/aromatic N) is 1. The number of hydrogen-bond donors (Lipinski definition) is 1. The van der Waals surface area contributed by atoms with Crippen LogP contribution >= 0.6 is 11.6 Å². The third-order valence-corrected chi connectivity index (χ3v) is 4.73. The van der Waals surface area contributed by atoms with Gasteiger partial charge in [0.2, 0.25) is 5.91 Å². The van der Waals surface area contributed by atoms with E-state index in [-0.39, 0.29) is 24.3 Å². The zero-order valence-corrected chi connectivity index (χ0v) is 14.7. The van der Waals surface area contributed by atoms with Crippen LogP contribution in [-0.4, -0.2) is 37.6 Å². The van der Waals surface area contributed by atoms with Crippen LogP contribution in [0.3, 0.4) is 0 Å². The number of amides is 2. The summed E-state index contributed by atoms with van der Waals surface area (Å²) < 4.78 is 11.1. The Hall–Kier alpha value is -2.73. The highest BCUT2D eigenvalue weighted by Crippen LogP contribution is 2.34. The molecular formula is C19H17ClN2O4. The van der Waals surface area contributed by atoms with Gasteiger partial charge < -0.3 is 19.7 Å². The van der Waals surface area contributed by atoms with Crippen molar-refractivity contribution in [2.75, 3.05) is 24.7 Å². The minimum Gasteiger partial charge on any atom is -0.486 e. The Kier molecular flexibility index (Phi) is 4.42. The summed E-state index contributed by atoms with van der Waals surface area (Å²) in [5.74, 6) is 0.650. The molecule has 0 saturated carbocycles. The lowest BCUT2D eigenvalue weighted by Gasteiger charge is -2.21. The van der Waals surface area contributed by atoms with Crippen LogP contribution in [-0.2, 0) is 4.79 Å². The lowest BCUT2D eigenvalue weighted by Crippen LogP contribution is -2.37. The molecule has 1 atom stereocenters. The van der Waals surface area contributed by atoms with E-state index in [0.717, 1.165) is 0 Å². The summed E-state index contributed by atoms with van der Waals surface area (Å²) in [5.41, 5.74) is 1.07. The van der Waals surface area contributed by atoms with Gasteiger partial charge in [0.15, 0.2) is 11.5 Å². The van der Waals surface area contributed by atoms with Crippen molar-refractivity contribution in [1.82, 2.24) is 5.32 Å². The fraction of sp³-hybridized carbons (Fsp3) is 0.263. The maximum atomic E-state index is 12.7. The van der Waals surface area contributed by atoms with E-state index in [9.17, 15) is 9.59 Å². The number of hydrogen-bond acceptors (Lipinski definition) is 4. The fourth-order valence-corrected chi connectivity index (χ4v) is 3.46. The Balaban J connectivity index is 1.50. The van der Waals surface area contributed by atoms with Crippen LogP contribution in [0.5, 0.6) is 11.5 Å². The summed E-state index contributed by atoms with van der Waals surface area (Å²) in [5, 5.41) is 3.42. The van der Waals surface area contributed by atoms with Crippen molar-refractivity contribution in [1.29, 1.82) is 0 Å². The molecular weight excluding hydrogens is 356 g/mol. The summed E-state index contributed by atoms with van der Waals surface area (Å²) in [4.78, 5) is 26.7. The van der Waals surface area contributed by atoms with Crippen molar-refractivity contribution in [3.05, 3.63) is 53.1 Å². The van der Waals surface area contributed by atoms with E-state index in [1.165, 1.54) is 0 Å². The summed E-state index contributed by atoms with van der Waals surface area (Å²) >= 11 is 6.19. The van der Waals surface area contributed by atoms with Gasteiger partial charge in [-0.3, -0.25) is 9.59 Å². The number of rotatable bonds is 3. The lowest BCUT2D eigenvalue weighted by molar-refractivity contribution is -0.117. The van der Waals surface area contributed by atoms with Gasteiger partial charge in [0, 0.05) is 13.0 Å². The van der Waals surface area contributed by atoms with E-state index in [2.05, 4.69) is 5.32 Å². The van der Waals surface area contributed by atoms with Gasteiger partial charge in [-0.2, -0.15) is 0 Å². The van der Waals surface area contributed by atoms with Crippen molar-refractivity contribution in [2.45, 2.75) is 12.5 Å². The van der Waals surface area contributed by atoms with Gasteiger partial charge in [-0.1, -0.05) is 29.8 Å². The lowest BCUT2D eigenvalue weighted by atomic mass is 10.1. The van der Waals surface area contributed by atoms with Crippen LogP contribution in [0.4, 0.5) is 5.69 Å². The second-order valence-corrected chi connectivity index (χ2v) is 6.57. The molecule has 1 fully saturated rings. The highest BCUT2D eigenvalue weighted by molar-refractivity contribution is 6.33. The molecule has 2 amide bonds. The maximum Gasteiger partial charge on any atom is 0.255 e. The number of fused-ring (bicyclic) bond motifs is 1. The minimum absolute atomic E-state index is 0.0712. The molecule has 2 aliphatic rings. The zero-order chi connectivity index (χ0) is 18.1. The molecule has 1 N–H and O–H groups in total. The molecule has 0 spiro atoms. The van der Waals surface area contributed by atoms with Crippen molar-refractivity contribution >= 4 is 29.1 Å². The van der Waals surface area contributed by atoms with Crippen molar-refractivity contribution in [3.8, 4) is 11.5 Å². The third kappa shape index (κ3) is 3.08. The van der Waals surface area contributed by atoms with E-state index in [0.29, 0.717) is 47.5 Å². The summed E-state index contributed by atoms with van der Waals surface area (Å²) in [6.45, 7) is 1.24. The number of carbonyl (C=O) groups excluding carboxylic acids is 2. The predicted octanol–water partition coefficient (Wildman–Crippen LogP) is 2.65. The van der Waals surface area contributed by atoms with Gasteiger partial charge in [0.05, 0.1) is 22.3 Å². The normalized spacial score (nSPS) is 18.7. The number of halogens is 1. The molecule has 2 aromatic carbocycles. The average molecular weight is 373 g/mol. The number of nitrogens with one attached hydrogen (secondary N) is 1. The Labute approximate surface area is 155 Å². The number of para-hydroxylation sites is 2. The number of carbonyl (C=O) groups is 2. The standard InChI is InChI=1S/C19H17ClN2O4/c20-14-5-1-2-6-15(14)22-11-12(10-17(22)23)21-19(24)13-4-3-7-16-18(13)26-9-8-25-16/h1-7,12H,8-11H2,(H,21,24)/t12-/m1/s1. The minimum atomic E-state index is -0.299. The molecule has 4 rings (SSSR count).